The number of hydrogen-bond donors (Lipinski definition) is 1. The molecule has 0 aliphatic carbocycles. The molecule has 1 aromatic carbocycles. The summed E-state index contributed by atoms with van der Waals surface area (Å²) in [6.45, 7) is 2.06. The van der Waals surface area contributed by atoms with Crippen LogP contribution in [-0.2, 0) is 9.59 Å². The van der Waals surface area contributed by atoms with Gasteiger partial charge >= 0.3 is 0 Å². The maximum atomic E-state index is 12.0. The number of anilines is 1. The Morgan fingerprint density at radius 3 is 3.00 bits per heavy atom. The number of aromatic amines is 1. The van der Waals surface area contributed by atoms with E-state index >= 15 is 0 Å². The fraction of sp³-hybridized carbons (Fsp3) is 0.308. The van der Waals surface area contributed by atoms with Gasteiger partial charge in [-0.25, -0.2) is 4.98 Å². The number of para-hydroxylation sites is 2. The van der Waals surface area contributed by atoms with Gasteiger partial charge in [0.1, 0.15) is 0 Å². The van der Waals surface area contributed by atoms with Crippen LogP contribution < -0.4 is 4.90 Å². The Balaban J connectivity index is 1.85. The zero-order valence-corrected chi connectivity index (χ0v) is 11.2. The van der Waals surface area contributed by atoms with E-state index in [1.54, 1.807) is 4.90 Å². The molecule has 1 saturated heterocycles. The third-order valence-corrected chi connectivity index (χ3v) is 4.04. The topological polar surface area (TPSA) is 66.1 Å². The molecule has 19 heavy (non-hydrogen) atoms. The van der Waals surface area contributed by atoms with Gasteiger partial charge in [0.05, 0.1) is 11.0 Å². The molecular formula is C13H13N3O2S. The molecule has 2 aromatic rings. The molecule has 1 fully saturated rings. The van der Waals surface area contributed by atoms with Gasteiger partial charge in [-0.3, -0.25) is 14.5 Å². The summed E-state index contributed by atoms with van der Waals surface area (Å²) in [6, 6.07) is 7.66. The second kappa shape index (κ2) is 4.70. The molecule has 5 nitrogen and oxygen atoms in total. The fourth-order valence-electron chi connectivity index (χ4n) is 2.26. The van der Waals surface area contributed by atoms with Gasteiger partial charge in [-0.05, 0) is 12.1 Å². The van der Waals surface area contributed by atoms with Crippen LogP contribution in [-0.4, -0.2) is 32.8 Å². The number of thioether (sulfide) groups is 1. The summed E-state index contributed by atoms with van der Waals surface area (Å²) in [5, 5.41) is 0.0717. The highest BCUT2D eigenvalue weighted by molar-refractivity contribution is 8.14. The van der Waals surface area contributed by atoms with E-state index in [0.717, 1.165) is 11.0 Å². The minimum atomic E-state index is 0.0119. The third-order valence-electron chi connectivity index (χ3n) is 3.05. The van der Waals surface area contributed by atoms with E-state index in [-0.39, 0.29) is 16.3 Å². The van der Waals surface area contributed by atoms with Crippen molar-refractivity contribution in [3.05, 3.63) is 24.3 Å². The molecule has 0 saturated carbocycles. The number of H-pyrrole nitrogens is 1. The van der Waals surface area contributed by atoms with Gasteiger partial charge in [0, 0.05) is 25.1 Å². The largest absolute Gasteiger partial charge is 0.324 e. The number of nitrogens with one attached hydrogen (secondary N) is 1. The molecule has 0 radical (unpaired) electrons. The van der Waals surface area contributed by atoms with E-state index in [1.807, 2.05) is 24.3 Å². The highest BCUT2D eigenvalue weighted by Crippen LogP contribution is 2.28. The van der Waals surface area contributed by atoms with Gasteiger partial charge in [0.15, 0.2) is 5.12 Å². The summed E-state index contributed by atoms with van der Waals surface area (Å²) in [6.07, 6.45) is 0.390. The average molecular weight is 275 g/mol. The lowest BCUT2D eigenvalue weighted by molar-refractivity contribution is -0.117. The van der Waals surface area contributed by atoms with Gasteiger partial charge in [0.25, 0.3) is 0 Å². The summed E-state index contributed by atoms with van der Waals surface area (Å²) >= 11 is 1.23. The molecule has 1 aliphatic rings. The van der Waals surface area contributed by atoms with Crippen molar-refractivity contribution in [3.63, 3.8) is 0 Å². The van der Waals surface area contributed by atoms with E-state index in [1.165, 1.54) is 18.7 Å². The Morgan fingerprint density at radius 1 is 1.47 bits per heavy atom. The lowest BCUT2D eigenvalue weighted by Crippen LogP contribution is -2.26. The highest BCUT2D eigenvalue weighted by Gasteiger charge is 2.33. The smallest absolute Gasteiger partial charge is 0.230 e. The van der Waals surface area contributed by atoms with Crippen LogP contribution in [0.1, 0.15) is 13.3 Å². The molecule has 98 valence electrons. The van der Waals surface area contributed by atoms with E-state index in [2.05, 4.69) is 9.97 Å². The summed E-state index contributed by atoms with van der Waals surface area (Å²) in [5.41, 5.74) is 1.75. The predicted molar refractivity (Wildman–Crippen MR) is 75.1 cm³/mol. The molecule has 6 heteroatoms. The van der Waals surface area contributed by atoms with Crippen molar-refractivity contribution in [2.45, 2.75) is 18.6 Å². The lowest BCUT2D eigenvalue weighted by atomic mass is 10.3. The summed E-state index contributed by atoms with van der Waals surface area (Å²) < 4.78 is 0. The number of hydrogen-bond acceptors (Lipinski definition) is 4. The number of imidazole rings is 1. The second-order valence-corrected chi connectivity index (χ2v) is 5.99. The van der Waals surface area contributed by atoms with Crippen molar-refractivity contribution in [2.24, 2.45) is 0 Å². The minimum Gasteiger partial charge on any atom is -0.324 e. The van der Waals surface area contributed by atoms with E-state index in [4.69, 9.17) is 0 Å². The van der Waals surface area contributed by atoms with Crippen molar-refractivity contribution in [3.8, 4) is 0 Å². The van der Waals surface area contributed by atoms with Crippen LogP contribution in [0, 0.1) is 0 Å². The van der Waals surface area contributed by atoms with Crippen molar-refractivity contribution >= 4 is 39.8 Å². The normalized spacial score (nSPS) is 19.3. The van der Waals surface area contributed by atoms with Crippen LogP contribution >= 0.6 is 11.8 Å². The Hall–Kier alpha value is -1.82. The molecular weight excluding hydrogens is 262 g/mol. The number of fused-ring (bicyclic) bond motifs is 1. The second-order valence-electron chi connectivity index (χ2n) is 4.52. The molecule has 1 aromatic heterocycles. The lowest BCUT2D eigenvalue weighted by Gasteiger charge is -2.12. The van der Waals surface area contributed by atoms with Crippen molar-refractivity contribution in [1.29, 1.82) is 0 Å². The number of carbonyl (C=O) groups is 2. The van der Waals surface area contributed by atoms with E-state index in [0.29, 0.717) is 18.9 Å². The molecule has 1 atom stereocenters. The highest BCUT2D eigenvalue weighted by atomic mass is 32.2. The van der Waals surface area contributed by atoms with E-state index < -0.39 is 0 Å². The van der Waals surface area contributed by atoms with Crippen LogP contribution in [0.2, 0.25) is 0 Å². The Bertz CT molecular complexity index is 619. The van der Waals surface area contributed by atoms with Gasteiger partial charge in [-0.15, -0.1) is 0 Å². The third kappa shape index (κ3) is 2.35. The molecule has 0 spiro atoms. The van der Waals surface area contributed by atoms with Crippen LogP contribution in [0.3, 0.4) is 0 Å². The van der Waals surface area contributed by atoms with Crippen LogP contribution in [0.15, 0.2) is 24.3 Å². The van der Waals surface area contributed by atoms with Crippen LogP contribution in [0.5, 0.6) is 0 Å². The van der Waals surface area contributed by atoms with Crippen molar-refractivity contribution < 1.29 is 9.59 Å². The number of amides is 1. The Kier molecular flexibility index (Phi) is 3.02. The number of aromatic nitrogens is 2. The molecule has 1 aliphatic heterocycles. The number of rotatable bonds is 2. The number of benzene rings is 1. The maximum absolute atomic E-state index is 12.0. The summed E-state index contributed by atoms with van der Waals surface area (Å²) in [7, 11) is 0. The summed E-state index contributed by atoms with van der Waals surface area (Å²) in [5.74, 6) is 0.579. The van der Waals surface area contributed by atoms with Crippen LogP contribution in [0.25, 0.3) is 11.0 Å². The van der Waals surface area contributed by atoms with Gasteiger partial charge < -0.3 is 4.98 Å². The van der Waals surface area contributed by atoms with Crippen molar-refractivity contribution in [1.82, 2.24) is 9.97 Å². The van der Waals surface area contributed by atoms with Gasteiger partial charge in [0.2, 0.25) is 11.9 Å². The van der Waals surface area contributed by atoms with E-state index in [9.17, 15) is 9.59 Å². The maximum Gasteiger partial charge on any atom is 0.230 e. The van der Waals surface area contributed by atoms with Crippen molar-refractivity contribution in [2.75, 3.05) is 11.4 Å². The molecule has 1 amide bonds. The molecule has 3 rings (SSSR count). The first-order valence-electron chi connectivity index (χ1n) is 6.06. The van der Waals surface area contributed by atoms with Crippen LogP contribution in [0.4, 0.5) is 5.95 Å². The first kappa shape index (κ1) is 12.2. The first-order chi connectivity index (χ1) is 9.13. The Labute approximate surface area is 114 Å². The predicted octanol–water partition coefficient (Wildman–Crippen LogP) is 1.95. The quantitative estimate of drug-likeness (QED) is 0.909. The number of nitrogens with zero attached hydrogens (tertiary/aromatic N) is 2. The standard InChI is InChI=1S/C13H13N3O2S/c1-8(17)19-9-6-12(18)16(7-9)13-14-10-4-2-3-5-11(10)15-13/h2-5,9H,6-7H2,1H3,(H,14,15). The summed E-state index contributed by atoms with van der Waals surface area (Å²) in [4.78, 5) is 32.3. The average Bonchev–Trinajstić information content (AvgIpc) is 2.91. The SMILES string of the molecule is CC(=O)SC1CC(=O)N(c2nc3ccccc3[nH]2)C1. The fourth-order valence-corrected chi connectivity index (χ4v) is 3.18. The number of carbonyl (C=O) groups excluding carboxylic acids is 2. The molecule has 0 bridgehead atoms. The molecule has 1 unspecified atom stereocenters. The van der Waals surface area contributed by atoms with Gasteiger partial charge in [-0.1, -0.05) is 23.9 Å². The zero-order chi connectivity index (χ0) is 13.4. The zero-order valence-electron chi connectivity index (χ0n) is 10.4. The minimum absolute atomic E-state index is 0.0119. The first-order valence-corrected chi connectivity index (χ1v) is 6.94. The monoisotopic (exact) mass is 275 g/mol. The van der Waals surface area contributed by atoms with Gasteiger partial charge in [-0.2, -0.15) is 0 Å². The Morgan fingerprint density at radius 2 is 2.26 bits per heavy atom. The molecule has 2 heterocycles. The molecule has 1 N–H and O–H groups in total.